The number of anilines is 5. The third-order valence-electron chi connectivity index (χ3n) is 7.07. The first kappa shape index (κ1) is 25.1. The van der Waals surface area contributed by atoms with E-state index in [1.807, 2.05) is 55.3 Å². The minimum absolute atomic E-state index is 0.0950. The van der Waals surface area contributed by atoms with Gasteiger partial charge in [0.15, 0.2) is 0 Å². The lowest BCUT2D eigenvalue weighted by atomic mass is 9.99. The maximum atomic E-state index is 13.2. The molecule has 1 fully saturated rings. The number of fused-ring (bicyclic) bond motifs is 2. The Morgan fingerprint density at radius 1 is 1.13 bits per heavy atom. The van der Waals surface area contributed by atoms with Crippen molar-refractivity contribution in [3.05, 3.63) is 65.9 Å². The second kappa shape index (κ2) is 10.4. The van der Waals surface area contributed by atoms with Gasteiger partial charge in [-0.15, -0.1) is 0 Å². The summed E-state index contributed by atoms with van der Waals surface area (Å²) in [6, 6.07) is 17.0. The molecule has 2 amide bonds. The van der Waals surface area contributed by atoms with Gasteiger partial charge in [0, 0.05) is 38.8 Å². The van der Waals surface area contributed by atoms with Crippen molar-refractivity contribution in [1.82, 2.24) is 9.88 Å². The van der Waals surface area contributed by atoms with Crippen LogP contribution in [0.4, 0.5) is 28.6 Å². The summed E-state index contributed by atoms with van der Waals surface area (Å²) >= 11 is 0. The fourth-order valence-corrected chi connectivity index (χ4v) is 5.02. The molecule has 0 saturated carbocycles. The largest absolute Gasteiger partial charge is 0.492 e. The fourth-order valence-electron chi connectivity index (χ4n) is 5.02. The number of hydrogen-bond donors (Lipinski definition) is 1. The quantitative estimate of drug-likeness (QED) is 0.518. The Labute approximate surface area is 222 Å². The standard InChI is InChI=1S/C29H30N6O3/c1-4-38-26-14-20(28(36)35-13-7-8-19(16-30)18-35)11-12-22(26)32-27-15-24-25(17-31-27)34(3)29(37)21-9-5-6-10-23(21)33(24)2/h5-6,9-12,14-15,17,19H,4,7-8,13,18H2,1-3H3,(H,31,32). The van der Waals surface area contributed by atoms with Gasteiger partial charge >= 0.3 is 0 Å². The van der Waals surface area contributed by atoms with Gasteiger partial charge in [0.25, 0.3) is 11.8 Å². The summed E-state index contributed by atoms with van der Waals surface area (Å²) in [5, 5.41) is 12.6. The van der Waals surface area contributed by atoms with Crippen LogP contribution >= 0.6 is 0 Å². The monoisotopic (exact) mass is 510 g/mol. The maximum Gasteiger partial charge on any atom is 0.260 e. The number of benzene rings is 2. The third-order valence-corrected chi connectivity index (χ3v) is 7.07. The lowest BCUT2D eigenvalue weighted by Crippen LogP contribution is -2.39. The van der Waals surface area contributed by atoms with Crippen molar-refractivity contribution in [2.75, 3.05) is 48.9 Å². The summed E-state index contributed by atoms with van der Waals surface area (Å²) in [7, 11) is 3.67. The number of para-hydroxylation sites is 1. The van der Waals surface area contributed by atoms with Crippen LogP contribution in [0.15, 0.2) is 54.7 Å². The number of pyridine rings is 1. The first-order valence-corrected chi connectivity index (χ1v) is 12.7. The second-order valence-electron chi connectivity index (χ2n) is 9.49. The number of likely N-dealkylation sites (tertiary alicyclic amines) is 1. The number of aromatic nitrogens is 1. The van der Waals surface area contributed by atoms with Crippen LogP contribution in [0, 0.1) is 17.2 Å². The highest BCUT2D eigenvalue weighted by Gasteiger charge is 2.28. The van der Waals surface area contributed by atoms with Crippen molar-refractivity contribution >= 4 is 40.4 Å². The Hall–Kier alpha value is -4.58. The minimum Gasteiger partial charge on any atom is -0.492 e. The van der Waals surface area contributed by atoms with Gasteiger partial charge in [-0.2, -0.15) is 5.26 Å². The number of amides is 2. The topological polar surface area (TPSA) is 102 Å². The summed E-state index contributed by atoms with van der Waals surface area (Å²) in [6.45, 7) is 3.41. The molecule has 9 nitrogen and oxygen atoms in total. The van der Waals surface area contributed by atoms with Crippen LogP contribution in [0.25, 0.3) is 0 Å². The molecule has 194 valence electrons. The number of nitrogens with zero attached hydrogens (tertiary/aromatic N) is 5. The van der Waals surface area contributed by atoms with Crippen LogP contribution in [-0.4, -0.2) is 55.5 Å². The van der Waals surface area contributed by atoms with E-state index in [1.54, 1.807) is 35.2 Å². The highest BCUT2D eigenvalue weighted by Crippen LogP contribution is 2.40. The maximum absolute atomic E-state index is 13.2. The van der Waals surface area contributed by atoms with E-state index in [4.69, 9.17) is 4.74 Å². The molecule has 1 aromatic heterocycles. The molecule has 0 radical (unpaired) electrons. The number of piperidine rings is 1. The van der Waals surface area contributed by atoms with Gasteiger partial charge in [0.05, 0.1) is 53.1 Å². The van der Waals surface area contributed by atoms with Gasteiger partial charge in [-0.3, -0.25) is 9.59 Å². The zero-order valence-corrected chi connectivity index (χ0v) is 21.8. The molecule has 1 atom stereocenters. The minimum atomic E-state index is -0.126. The number of nitriles is 1. The number of nitrogens with one attached hydrogen (secondary N) is 1. The van der Waals surface area contributed by atoms with Crippen molar-refractivity contribution in [2.45, 2.75) is 19.8 Å². The van der Waals surface area contributed by atoms with E-state index in [-0.39, 0.29) is 17.7 Å². The molecule has 3 heterocycles. The predicted molar refractivity (Wildman–Crippen MR) is 147 cm³/mol. The van der Waals surface area contributed by atoms with Gasteiger partial charge in [-0.25, -0.2) is 4.98 Å². The lowest BCUT2D eigenvalue weighted by Gasteiger charge is -2.29. The van der Waals surface area contributed by atoms with Crippen LogP contribution < -0.4 is 19.9 Å². The van der Waals surface area contributed by atoms with Crippen molar-refractivity contribution in [3.63, 3.8) is 0 Å². The van der Waals surface area contributed by atoms with E-state index in [0.717, 1.165) is 24.2 Å². The summed E-state index contributed by atoms with van der Waals surface area (Å²) in [6.07, 6.45) is 3.33. The van der Waals surface area contributed by atoms with Crippen LogP contribution in [0.2, 0.25) is 0 Å². The van der Waals surface area contributed by atoms with E-state index in [9.17, 15) is 14.9 Å². The molecule has 3 aromatic rings. The SMILES string of the molecule is CCOc1cc(C(=O)N2CCCC(C#N)C2)ccc1Nc1cc2c(cn1)N(C)C(=O)c1ccccc1N2C. The Bertz CT molecular complexity index is 1430. The van der Waals surface area contributed by atoms with E-state index in [0.29, 0.717) is 53.8 Å². The van der Waals surface area contributed by atoms with Gasteiger partial charge in [0.2, 0.25) is 0 Å². The van der Waals surface area contributed by atoms with E-state index < -0.39 is 0 Å². The zero-order chi connectivity index (χ0) is 26.8. The molecule has 5 rings (SSSR count). The van der Waals surface area contributed by atoms with Crippen molar-refractivity contribution in [3.8, 4) is 11.8 Å². The van der Waals surface area contributed by atoms with Crippen molar-refractivity contribution in [2.24, 2.45) is 5.92 Å². The molecule has 0 aliphatic carbocycles. The van der Waals surface area contributed by atoms with E-state index in [1.165, 1.54) is 0 Å². The normalized spacial score (nSPS) is 16.7. The fraction of sp³-hybridized carbons (Fsp3) is 0.310. The predicted octanol–water partition coefficient (Wildman–Crippen LogP) is 4.96. The zero-order valence-electron chi connectivity index (χ0n) is 21.8. The van der Waals surface area contributed by atoms with Gasteiger partial charge in [-0.05, 0) is 50.1 Å². The van der Waals surface area contributed by atoms with Crippen LogP contribution in [0.5, 0.6) is 5.75 Å². The van der Waals surface area contributed by atoms with Crippen molar-refractivity contribution in [1.29, 1.82) is 5.26 Å². The first-order valence-electron chi connectivity index (χ1n) is 12.7. The highest BCUT2D eigenvalue weighted by atomic mass is 16.5. The van der Waals surface area contributed by atoms with Gasteiger partial charge in [0.1, 0.15) is 11.6 Å². The average molecular weight is 511 g/mol. The molecule has 2 aliphatic rings. The Balaban J connectivity index is 1.44. The number of carbonyl (C=O) groups is 2. The molecule has 9 heteroatoms. The van der Waals surface area contributed by atoms with Crippen LogP contribution in [-0.2, 0) is 0 Å². The molecule has 1 N–H and O–H groups in total. The van der Waals surface area contributed by atoms with Crippen molar-refractivity contribution < 1.29 is 14.3 Å². The van der Waals surface area contributed by atoms with Crippen LogP contribution in [0.1, 0.15) is 40.5 Å². The Morgan fingerprint density at radius 2 is 1.95 bits per heavy atom. The molecule has 38 heavy (non-hydrogen) atoms. The summed E-state index contributed by atoms with van der Waals surface area (Å²) < 4.78 is 5.88. The van der Waals surface area contributed by atoms with Crippen LogP contribution in [0.3, 0.4) is 0 Å². The molecular formula is C29H30N6O3. The van der Waals surface area contributed by atoms with E-state index >= 15 is 0 Å². The highest BCUT2D eigenvalue weighted by molar-refractivity contribution is 6.13. The Kier molecular flexibility index (Phi) is 6.88. The number of hydrogen-bond acceptors (Lipinski definition) is 7. The second-order valence-corrected chi connectivity index (χ2v) is 9.49. The molecule has 1 unspecified atom stereocenters. The van der Waals surface area contributed by atoms with E-state index in [2.05, 4.69) is 16.4 Å². The molecule has 0 bridgehead atoms. The number of rotatable bonds is 5. The summed E-state index contributed by atoms with van der Waals surface area (Å²) in [5.41, 5.74) is 4.15. The molecule has 0 spiro atoms. The lowest BCUT2D eigenvalue weighted by molar-refractivity contribution is 0.0698. The smallest absolute Gasteiger partial charge is 0.260 e. The molecule has 1 saturated heterocycles. The molecule has 2 aliphatic heterocycles. The number of carbonyl (C=O) groups excluding carboxylic acids is 2. The first-order chi connectivity index (χ1) is 18.4. The third kappa shape index (κ3) is 4.61. The molecule has 2 aromatic carbocycles. The van der Waals surface area contributed by atoms with Gasteiger partial charge in [-0.1, -0.05) is 12.1 Å². The average Bonchev–Trinajstić information content (AvgIpc) is 3.03. The summed E-state index contributed by atoms with van der Waals surface area (Å²) in [5.74, 6) is 0.786. The molecular weight excluding hydrogens is 480 g/mol. The Morgan fingerprint density at radius 3 is 2.74 bits per heavy atom. The summed E-state index contributed by atoms with van der Waals surface area (Å²) in [4.78, 5) is 36.1. The number of ether oxygens (including phenoxy) is 1. The van der Waals surface area contributed by atoms with Gasteiger partial charge < -0.3 is 24.8 Å².